The molecule has 7 heteroatoms. The number of fused-ring (bicyclic) bond motifs is 4. The molecular weight excluding hydrogens is 414 g/mol. The Hall–Kier alpha value is -2.73. The molecule has 31 heavy (non-hydrogen) atoms. The number of benzene rings is 2. The van der Waals surface area contributed by atoms with Crippen LogP contribution in [-0.4, -0.2) is 35.7 Å². The number of urea groups is 1. The highest BCUT2D eigenvalue weighted by Crippen LogP contribution is 2.46. The topological polar surface area (TPSA) is 61.9 Å². The Morgan fingerprint density at radius 2 is 2.10 bits per heavy atom. The highest BCUT2D eigenvalue weighted by atomic mass is 35.5. The molecule has 3 aliphatic heterocycles. The minimum atomic E-state index is -0.866. The first kappa shape index (κ1) is 20.2. The van der Waals surface area contributed by atoms with Gasteiger partial charge in [-0.2, -0.15) is 0 Å². The first-order valence-corrected chi connectivity index (χ1v) is 11.2. The molecule has 6 nitrogen and oxygen atoms in total. The molecule has 162 valence electrons. The van der Waals surface area contributed by atoms with E-state index in [1.165, 1.54) is 0 Å². The van der Waals surface area contributed by atoms with Gasteiger partial charge in [-0.25, -0.2) is 4.79 Å². The average Bonchev–Trinajstić information content (AvgIpc) is 2.73. The molecule has 5 rings (SSSR count). The van der Waals surface area contributed by atoms with E-state index >= 15 is 0 Å². The molecule has 3 heterocycles. The molecule has 0 saturated carbocycles. The van der Waals surface area contributed by atoms with E-state index in [2.05, 4.69) is 12.2 Å². The standard InChI is InChI=1S/C24H26ClN3O3/c1-15-5-4-10-27(14-15)22(29)16-6-3-7-18(11-16)28-23(30)26-20-13-24(28,2)31-21-9-8-17(25)12-19(20)21/h3,6-9,11-12,15,20H,4-5,10,13-14H2,1-2H3,(H,26,30). The summed E-state index contributed by atoms with van der Waals surface area (Å²) in [7, 11) is 0. The lowest BCUT2D eigenvalue weighted by Crippen LogP contribution is -2.65. The van der Waals surface area contributed by atoms with Crippen molar-refractivity contribution in [1.29, 1.82) is 0 Å². The zero-order chi connectivity index (χ0) is 21.8. The summed E-state index contributed by atoms with van der Waals surface area (Å²) >= 11 is 6.15. The third-order valence-corrected chi connectivity index (χ3v) is 6.76. The van der Waals surface area contributed by atoms with E-state index in [9.17, 15) is 9.59 Å². The normalized spacial score (nSPS) is 27.3. The summed E-state index contributed by atoms with van der Waals surface area (Å²) in [6.07, 6.45) is 2.76. The molecule has 2 aromatic rings. The first-order valence-electron chi connectivity index (χ1n) is 10.8. The van der Waals surface area contributed by atoms with Gasteiger partial charge in [-0.05, 0) is 62.1 Å². The van der Waals surface area contributed by atoms with Gasteiger partial charge in [0.15, 0.2) is 5.72 Å². The summed E-state index contributed by atoms with van der Waals surface area (Å²) in [5.74, 6) is 1.23. The second kappa shape index (κ2) is 7.45. The number of halogens is 1. The van der Waals surface area contributed by atoms with Crippen molar-refractivity contribution in [3.8, 4) is 5.75 Å². The maximum atomic E-state index is 13.1. The van der Waals surface area contributed by atoms with Crippen LogP contribution >= 0.6 is 11.6 Å². The fourth-order valence-electron chi connectivity index (χ4n) is 5.07. The zero-order valence-electron chi connectivity index (χ0n) is 17.7. The Morgan fingerprint density at radius 3 is 2.90 bits per heavy atom. The maximum absolute atomic E-state index is 13.1. The van der Waals surface area contributed by atoms with Crippen LogP contribution in [0.4, 0.5) is 10.5 Å². The van der Waals surface area contributed by atoms with Crippen molar-refractivity contribution in [1.82, 2.24) is 10.2 Å². The Balaban J connectivity index is 1.47. The van der Waals surface area contributed by atoms with E-state index in [1.807, 2.05) is 42.2 Å². The van der Waals surface area contributed by atoms with Gasteiger partial charge in [0.05, 0.1) is 11.7 Å². The van der Waals surface area contributed by atoms with Crippen LogP contribution in [0.2, 0.25) is 5.02 Å². The van der Waals surface area contributed by atoms with Crippen LogP contribution < -0.4 is 15.0 Å². The van der Waals surface area contributed by atoms with Gasteiger partial charge in [-0.1, -0.05) is 24.6 Å². The third kappa shape index (κ3) is 3.53. The molecule has 0 radical (unpaired) electrons. The van der Waals surface area contributed by atoms with Crippen molar-refractivity contribution in [2.45, 2.75) is 44.9 Å². The number of nitrogens with one attached hydrogen (secondary N) is 1. The SMILES string of the molecule is CC1CCCN(C(=O)c2cccc(N3C(=O)NC4CC3(C)Oc3ccc(Cl)cc34)c2)C1. The second-order valence-corrected chi connectivity index (χ2v) is 9.49. The van der Waals surface area contributed by atoms with E-state index in [4.69, 9.17) is 16.3 Å². The molecule has 1 N–H and O–H groups in total. The number of ether oxygens (including phenoxy) is 1. The molecule has 2 saturated heterocycles. The fourth-order valence-corrected chi connectivity index (χ4v) is 5.25. The monoisotopic (exact) mass is 439 g/mol. The number of carbonyl (C=O) groups is 2. The van der Waals surface area contributed by atoms with Gasteiger partial charge in [0, 0.05) is 35.7 Å². The molecule has 3 atom stereocenters. The molecule has 3 aliphatic rings. The van der Waals surface area contributed by atoms with E-state index < -0.39 is 5.72 Å². The molecule has 0 aliphatic carbocycles. The van der Waals surface area contributed by atoms with Crippen LogP contribution in [0.5, 0.6) is 5.75 Å². The lowest BCUT2D eigenvalue weighted by Gasteiger charge is -2.50. The van der Waals surface area contributed by atoms with Gasteiger partial charge in [-0.3, -0.25) is 9.69 Å². The molecule has 2 bridgehead atoms. The Labute approximate surface area is 187 Å². The smallest absolute Gasteiger partial charge is 0.325 e. The number of likely N-dealkylation sites (tertiary alicyclic amines) is 1. The van der Waals surface area contributed by atoms with Crippen LogP contribution in [0, 0.1) is 5.92 Å². The summed E-state index contributed by atoms with van der Waals surface area (Å²) < 4.78 is 6.32. The molecule has 0 aromatic heterocycles. The molecule has 0 spiro atoms. The van der Waals surface area contributed by atoms with E-state index in [-0.39, 0.29) is 18.0 Å². The highest BCUT2D eigenvalue weighted by molar-refractivity contribution is 6.30. The highest BCUT2D eigenvalue weighted by Gasteiger charge is 2.50. The number of rotatable bonds is 2. The van der Waals surface area contributed by atoms with Crippen LogP contribution in [-0.2, 0) is 0 Å². The summed E-state index contributed by atoms with van der Waals surface area (Å²) in [6.45, 7) is 5.64. The van der Waals surface area contributed by atoms with Gasteiger partial charge in [0.2, 0.25) is 0 Å². The van der Waals surface area contributed by atoms with Gasteiger partial charge in [-0.15, -0.1) is 0 Å². The van der Waals surface area contributed by atoms with Gasteiger partial charge >= 0.3 is 6.03 Å². The predicted molar refractivity (Wildman–Crippen MR) is 120 cm³/mol. The first-order chi connectivity index (χ1) is 14.8. The quantitative estimate of drug-likeness (QED) is 0.717. The lowest BCUT2D eigenvalue weighted by molar-refractivity contribution is 0.0378. The number of nitrogens with zero attached hydrogens (tertiary/aromatic N) is 2. The molecule has 3 unspecified atom stereocenters. The van der Waals surface area contributed by atoms with E-state index in [1.54, 1.807) is 17.0 Å². The maximum Gasteiger partial charge on any atom is 0.325 e. The number of carbonyl (C=O) groups excluding carboxylic acids is 2. The van der Waals surface area contributed by atoms with Crippen molar-refractivity contribution in [3.63, 3.8) is 0 Å². The van der Waals surface area contributed by atoms with Crippen LogP contribution in [0.1, 0.15) is 55.1 Å². The van der Waals surface area contributed by atoms with Crippen molar-refractivity contribution in [2.24, 2.45) is 5.92 Å². The minimum Gasteiger partial charge on any atom is -0.467 e. The lowest BCUT2D eigenvalue weighted by atomic mass is 9.90. The van der Waals surface area contributed by atoms with Gasteiger partial charge < -0.3 is 15.0 Å². The largest absolute Gasteiger partial charge is 0.467 e. The summed E-state index contributed by atoms with van der Waals surface area (Å²) in [5.41, 5.74) is 1.26. The third-order valence-electron chi connectivity index (χ3n) is 6.53. The van der Waals surface area contributed by atoms with Crippen molar-refractivity contribution < 1.29 is 14.3 Å². The molecule has 2 fully saturated rings. The second-order valence-electron chi connectivity index (χ2n) is 9.05. The summed E-state index contributed by atoms with van der Waals surface area (Å²) in [6, 6.07) is 12.3. The average molecular weight is 440 g/mol. The molecular formula is C24H26ClN3O3. The molecule has 3 amide bonds. The predicted octanol–water partition coefficient (Wildman–Crippen LogP) is 4.98. The van der Waals surface area contributed by atoms with Crippen LogP contribution in [0.25, 0.3) is 0 Å². The van der Waals surface area contributed by atoms with Crippen LogP contribution in [0.15, 0.2) is 42.5 Å². The van der Waals surface area contributed by atoms with E-state index in [0.29, 0.717) is 34.4 Å². The fraction of sp³-hybridized carbons (Fsp3) is 0.417. The van der Waals surface area contributed by atoms with E-state index in [0.717, 1.165) is 31.5 Å². The number of anilines is 1. The Bertz CT molecular complexity index is 1060. The van der Waals surface area contributed by atoms with Crippen molar-refractivity contribution in [3.05, 3.63) is 58.6 Å². The number of amides is 3. The summed E-state index contributed by atoms with van der Waals surface area (Å²) in [4.78, 5) is 29.8. The van der Waals surface area contributed by atoms with Crippen LogP contribution in [0.3, 0.4) is 0 Å². The number of hydrogen-bond acceptors (Lipinski definition) is 3. The Morgan fingerprint density at radius 1 is 1.26 bits per heavy atom. The van der Waals surface area contributed by atoms with Crippen molar-refractivity contribution in [2.75, 3.05) is 18.0 Å². The Kier molecular flexibility index (Phi) is 4.85. The number of piperidine rings is 1. The minimum absolute atomic E-state index is 0.0124. The van der Waals surface area contributed by atoms with Gasteiger partial charge in [0.25, 0.3) is 5.91 Å². The van der Waals surface area contributed by atoms with Crippen molar-refractivity contribution >= 4 is 29.2 Å². The van der Waals surface area contributed by atoms with Gasteiger partial charge in [0.1, 0.15) is 5.75 Å². The number of hydrogen-bond donors (Lipinski definition) is 1. The summed E-state index contributed by atoms with van der Waals surface area (Å²) in [5, 5.41) is 3.69. The zero-order valence-corrected chi connectivity index (χ0v) is 18.5. The molecule has 2 aromatic carbocycles.